The number of thiophene rings is 1. The summed E-state index contributed by atoms with van der Waals surface area (Å²) in [5, 5.41) is 20.5. The van der Waals surface area contributed by atoms with E-state index in [4.69, 9.17) is 20.0 Å². The number of carboxylic acid groups (broad SMARTS) is 2. The van der Waals surface area contributed by atoms with E-state index in [0.717, 1.165) is 46.7 Å². The maximum absolute atomic E-state index is 13.9. The third kappa shape index (κ3) is 5.68. The fraction of sp³-hybridized carbons (Fsp3) is 0.476. The van der Waals surface area contributed by atoms with Gasteiger partial charge in [-0.25, -0.2) is 18.6 Å². The van der Waals surface area contributed by atoms with Gasteiger partial charge in [0.2, 0.25) is 0 Å². The van der Waals surface area contributed by atoms with Gasteiger partial charge in [0.15, 0.2) is 0 Å². The van der Waals surface area contributed by atoms with Crippen LogP contribution in [-0.2, 0) is 17.6 Å². The number of thiazole rings is 1. The van der Waals surface area contributed by atoms with E-state index in [9.17, 15) is 13.6 Å². The molecular formula is C21H24F2N2O4S2. The standard InChI is InChI=1S/C20H22F2N2OS2.CH2O3/c1-11(2)14-10-26-18(23-14)16-13-7-8-20(21,22)9-15(13)27-19(16)24-17(25)12-5-3-4-6-12;2-1(3)4/h5,10-11H,3-4,6-9H2,1-2H3,(H,24,25);(H2,2,3,4). The van der Waals surface area contributed by atoms with Crippen molar-refractivity contribution in [2.45, 2.75) is 64.2 Å². The number of alkyl halides is 2. The van der Waals surface area contributed by atoms with Crippen molar-refractivity contribution in [1.82, 2.24) is 4.98 Å². The van der Waals surface area contributed by atoms with Crippen molar-refractivity contribution in [3.8, 4) is 10.6 Å². The number of allylic oxidation sites excluding steroid dienone is 1. The lowest BCUT2D eigenvalue weighted by Gasteiger charge is -2.21. The van der Waals surface area contributed by atoms with Gasteiger partial charge >= 0.3 is 6.16 Å². The average molecular weight is 471 g/mol. The third-order valence-electron chi connectivity index (χ3n) is 5.14. The monoisotopic (exact) mass is 470 g/mol. The van der Waals surface area contributed by atoms with E-state index in [2.05, 4.69) is 19.2 Å². The number of hydrogen-bond acceptors (Lipinski definition) is 5. The van der Waals surface area contributed by atoms with Crippen LogP contribution in [0.5, 0.6) is 0 Å². The number of nitrogens with zero attached hydrogens (tertiary/aromatic N) is 1. The zero-order valence-electron chi connectivity index (χ0n) is 17.2. The van der Waals surface area contributed by atoms with Crippen LogP contribution in [0, 0.1) is 0 Å². The molecule has 0 atom stereocenters. The van der Waals surface area contributed by atoms with Gasteiger partial charge in [0.1, 0.15) is 10.0 Å². The maximum atomic E-state index is 13.9. The van der Waals surface area contributed by atoms with Crippen molar-refractivity contribution >= 4 is 39.7 Å². The molecule has 2 aliphatic rings. The molecule has 1 amide bonds. The predicted octanol–water partition coefficient (Wildman–Crippen LogP) is 6.39. The van der Waals surface area contributed by atoms with E-state index in [1.165, 1.54) is 22.7 Å². The smallest absolute Gasteiger partial charge is 0.450 e. The van der Waals surface area contributed by atoms with Crippen LogP contribution in [-0.4, -0.2) is 33.2 Å². The van der Waals surface area contributed by atoms with E-state index in [0.29, 0.717) is 22.2 Å². The van der Waals surface area contributed by atoms with E-state index in [-0.39, 0.29) is 18.7 Å². The third-order valence-corrected chi connectivity index (χ3v) is 7.16. The zero-order chi connectivity index (χ0) is 22.8. The first-order valence-electron chi connectivity index (χ1n) is 9.98. The van der Waals surface area contributed by atoms with Crippen molar-refractivity contribution in [2.75, 3.05) is 5.32 Å². The van der Waals surface area contributed by atoms with Gasteiger partial charge in [0.05, 0.1) is 5.69 Å². The molecule has 0 aliphatic heterocycles. The zero-order valence-corrected chi connectivity index (χ0v) is 18.8. The van der Waals surface area contributed by atoms with E-state index in [1.807, 2.05) is 11.5 Å². The Bertz CT molecular complexity index is 1010. The molecule has 3 N–H and O–H groups in total. The molecule has 0 saturated heterocycles. The summed E-state index contributed by atoms with van der Waals surface area (Å²) in [5.41, 5.74) is 3.58. The van der Waals surface area contributed by atoms with Crippen molar-refractivity contribution < 1.29 is 28.6 Å². The molecule has 2 heterocycles. The highest BCUT2D eigenvalue weighted by Gasteiger charge is 2.38. The number of fused-ring (bicyclic) bond motifs is 1. The Kier molecular flexibility index (Phi) is 7.10. The summed E-state index contributed by atoms with van der Waals surface area (Å²) < 4.78 is 27.9. The fourth-order valence-corrected chi connectivity index (χ4v) is 6.04. The number of rotatable bonds is 4. The minimum absolute atomic E-state index is 0.111. The second kappa shape index (κ2) is 9.44. The van der Waals surface area contributed by atoms with Gasteiger partial charge in [-0.2, -0.15) is 0 Å². The van der Waals surface area contributed by atoms with Crippen LogP contribution in [0.1, 0.15) is 61.6 Å². The Labute approximate surface area is 186 Å². The minimum Gasteiger partial charge on any atom is -0.450 e. The van der Waals surface area contributed by atoms with Crippen LogP contribution in [0.15, 0.2) is 17.0 Å². The molecule has 4 rings (SSSR count). The topological polar surface area (TPSA) is 99.5 Å². The van der Waals surface area contributed by atoms with Crippen LogP contribution in [0.4, 0.5) is 18.6 Å². The summed E-state index contributed by atoms with van der Waals surface area (Å²) in [6.07, 6.45) is 2.75. The molecule has 2 aromatic rings. The van der Waals surface area contributed by atoms with Gasteiger partial charge in [0.25, 0.3) is 11.8 Å². The first-order chi connectivity index (χ1) is 14.6. The molecule has 168 valence electrons. The number of carbonyl (C=O) groups excluding carboxylic acids is 1. The number of carbonyl (C=O) groups is 2. The Balaban J connectivity index is 0.000000628. The molecule has 6 nitrogen and oxygen atoms in total. The Morgan fingerprint density at radius 3 is 2.55 bits per heavy atom. The Morgan fingerprint density at radius 1 is 1.26 bits per heavy atom. The molecule has 2 aliphatic carbocycles. The van der Waals surface area contributed by atoms with E-state index >= 15 is 0 Å². The molecular weight excluding hydrogens is 446 g/mol. The average Bonchev–Trinajstić information content (AvgIpc) is 3.39. The lowest BCUT2D eigenvalue weighted by Crippen LogP contribution is -2.24. The number of halogens is 2. The maximum Gasteiger partial charge on any atom is 0.503 e. The molecule has 31 heavy (non-hydrogen) atoms. The molecule has 0 spiro atoms. The normalized spacial score (nSPS) is 16.9. The van der Waals surface area contributed by atoms with Crippen molar-refractivity contribution in [2.24, 2.45) is 0 Å². The van der Waals surface area contributed by atoms with Gasteiger partial charge in [-0.15, -0.1) is 22.7 Å². The molecule has 0 bridgehead atoms. The summed E-state index contributed by atoms with van der Waals surface area (Å²) in [4.78, 5) is 26.6. The molecule has 0 unspecified atom stereocenters. The van der Waals surface area contributed by atoms with Crippen molar-refractivity contribution in [1.29, 1.82) is 0 Å². The second-order valence-electron chi connectivity index (χ2n) is 7.83. The largest absolute Gasteiger partial charge is 0.503 e. The second-order valence-corrected chi connectivity index (χ2v) is 9.79. The van der Waals surface area contributed by atoms with Gasteiger partial charge in [-0.1, -0.05) is 19.9 Å². The van der Waals surface area contributed by atoms with Gasteiger partial charge in [-0.05, 0) is 37.2 Å². The van der Waals surface area contributed by atoms with E-state index in [1.54, 1.807) is 0 Å². The highest BCUT2D eigenvalue weighted by Crippen LogP contribution is 2.48. The van der Waals surface area contributed by atoms with Crippen LogP contribution >= 0.6 is 22.7 Å². The van der Waals surface area contributed by atoms with Gasteiger partial charge in [-0.3, -0.25) is 4.79 Å². The summed E-state index contributed by atoms with van der Waals surface area (Å²) in [5.74, 6) is -2.48. The summed E-state index contributed by atoms with van der Waals surface area (Å²) in [7, 11) is 0. The Morgan fingerprint density at radius 2 is 1.97 bits per heavy atom. The Hall–Kier alpha value is -2.33. The highest BCUT2D eigenvalue weighted by atomic mass is 32.1. The molecule has 0 saturated carbocycles. The minimum atomic E-state index is -2.67. The van der Waals surface area contributed by atoms with Crippen molar-refractivity contribution in [3.05, 3.63) is 33.2 Å². The molecule has 2 aromatic heterocycles. The number of aromatic nitrogens is 1. The van der Waals surface area contributed by atoms with Crippen LogP contribution in [0.3, 0.4) is 0 Å². The first-order valence-corrected chi connectivity index (χ1v) is 11.7. The van der Waals surface area contributed by atoms with Crippen molar-refractivity contribution in [3.63, 3.8) is 0 Å². The highest BCUT2D eigenvalue weighted by molar-refractivity contribution is 7.18. The van der Waals surface area contributed by atoms with Crippen LogP contribution in [0.2, 0.25) is 0 Å². The lowest BCUT2D eigenvalue weighted by molar-refractivity contribution is -0.112. The SMILES string of the molecule is CC(C)c1csc(-c2c(NC(=O)C3=CCCC3)sc3c2CCC(F)(F)C3)n1.O=C(O)O. The molecule has 0 aromatic carbocycles. The van der Waals surface area contributed by atoms with Gasteiger partial charge in [0, 0.05) is 34.2 Å². The fourth-order valence-electron chi connectivity index (χ4n) is 3.59. The number of amides is 1. The summed E-state index contributed by atoms with van der Waals surface area (Å²) >= 11 is 2.82. The van der Waals surface area contributed by atoms with E-state index < -0.39 is 12.1 Å². The summed E-state index contributed by atoms with van der Waals surface area (Å²) in [6, 6.07) is 0. The van der Waals surface area contributed by atoms with Gasteiger partial charge < -0.3 is 15.5 Å². The summed E-state index contributed by atoms with van der Waals surface area (Å²) in [6.45, 7) is 4.16. The predicted molar refractivity (Wildman–Crippen MR) is 118 cm³/mol. The lowest BCUT2D eigenvalue weighted by atomic mass is 9.93. The molecule has 0 fully saturated rings. The quantitative estimate of drug-likeness (QED) is 0.481. The number of nitrogens with one attached hydrogen (secondary N) is 1. The van der Waals surface area contributed by atoms with Crippen LogP contribution < -0.4 is 5.32 Å². The first kappa shape index (κ1) is 23.3. The van der Waals surface area contributed by atoms with Crippen LogP contribution in [0.25, 0.3) is 10.6 Å². The number of anilines is 1. The molecule has 0 radical (unpaired) electrons. The number of hydrogen-bond donors (Lipinski definition) is 3. The molecule has 10 heteroatoms.